The molecule has 3 aromatic carbocycles. The Morgan fingerprint density at radius 3 is 2.43 bits per heavy atom. The van der Waals surface area contributed by atoms with Crippen LogP contribution < -0.4 is 15.0 Å². The summed E-state index contributed by atoms with van der Waals surface area (Å²) in [7, 11) is 1.61. The Morgan fingerprint density at radius 2 is 1.76 bits per heavy atom. The molecule has 7 nitrogen and oxygen atoms in total. The second-order valence-corrected chi connectivity index (χ2v) is 9.86. The lowest BCUT2D eigenvalue weighted by atomic mass is 10.1. The lowest BCUT2D eigenvalue weighted by molar-refractivity contribution is -0.140. The van der Waals surface area contributed by atoms with Crippen molar-refractivity contribution in [3.8, 4) is 5.75 Å². The van der Waals surface area contributed by atoms with Gasteiger partial charge in [0.2, 0.25) is 11.8 Å². The minimum Gasteiger partial charge on any atom is -0.497 e. The highest BCUT2D eigenvalue weighted by molar-refractivity contribution is 6.26. The van der Waals surface area contributed by atoms with Crippen LogP contribution in [0.5, 0.6) is 5.75 Å². The Kier molecular flexibility index (Phi) is 7.12. The van der Waals surface area contributed by atoms with E-state index in [9.17, 15) is 14.4 Å². The number of nitrogens with zero attached hydrogens (tertiary/aromatic N) is 2. The van der Waals surface area contributed by atoms with Crippen molar-refractivity contribution in [1.29, 1.82) is 0 Å². The summed E-state index contributed by atoms with van der Waals surface area (Å²) in [5, 5.41) is 5.01. The third-order valence-corrected chi connectivity index (χ3v) is 7.54. The smallest absolute Gasteiger partial charge is 0.259 e. The number of amides is 3. The van der Waals surface area contributed by atoms with Crippen LogP contribution in [0.2, 0.25) is 0 Å². The average molecular weight is 500 g/mol. The van der Waals surface area contributed by atoms with E-state index in [1.54, 1.807) is 23.0 Å². The fraction of sp³-hybridized carbons (Fsp3) is 0.367. The lowest BCUT2D eigenvalue weighted by Crippen LogP contribution is -2.53. The normalized spacial score (nSPS) is 15.7. The number of methoxy groups -OCH3 is 1. The molecule has 0 bridgehead atoms. The van der Waals surface area contributed by atoms with Crippen molar-refractivity contribution < 1.29 is 19.1 Å². The quantitative estimate of drug-likeness (QED) is 0.464. The third-order valence-electron chi connectivity index (χ3n) is 7.54. The maximum absolute atomic E-state index is 13.9. The number of hydrogen-bond donors (Lipinski definition) is 1. The van der Waals surface area contributed by atoms with Gasteiger partial charge in [0.05, 0.1) is 12.8 Å². The maximum Gasteiger partial charge on any atom is 0.259 e. The number of ether oxygens (including phenoxy) is 1. The zero-order valence-corrected chi connectivity index (χ0v) is 21.4. The second-order valence-electron chi connectivity index (χ2n) is 9.86. The van der Waals surface area contributed by atoms with E-state index < -0.39 is 6.04 Å². The number of carbonyl (C=O) groups is 3. The molecule has 7 heteroatoms. The van der Waals surface area contributed by atoms with E-state index in [2.05, 4.69) is 5.32 Å². The number of carbonyl (C=O) groups excluding carboxylic acids is 3. The summed E-state index contributed by atoms with van der Waals surface area (Å²) in [5.74, 6) is 0.144. The van der Waals surface area contributed by atoms with Gasteiger partial charge in [0.1, 0.15) is 18.3 Å². The molecule has 0 radical (unpaired) electrons. The zero-order valence-electron chi connectivity index (χ0n) is 21.4. The van der Waals surface area contributed by atoms with Crippen LogP contribution in [-0.4, -0.2) is 48.4 Å². The fourth-order valence-electron chi connectivity index (χ4n) is 5.58. The number of benzene rings is 3. The van der Waals surface area contributed by atoms with Gasteiger partial charge in [-0.1, -0.05) is 56.2 Å². The molecular formula is C30H33N3O4. The average Bonchev–Trinajstić information content (AvgIpc) is 3.52. The highest BCUT2D eigenvalue weighted by atomic mass is 16.5. The van der Waals surface area contributed by atoms with Crippen LogP contribution in [0.1, 0.15) is 54.9 Å². The first kappa shape index (κ1) is 24.8. The number of nitrogens with one attached hydrogen (secondary N) is 1. The summed E-state index contributed by atoms with van der Waals surface area (Å²) >= 11 is 0. The van der Waals surface area contributed by atoms with Gasteiger partial charge >= 0.3 is 0 Å². The van der Waals surface area contributed by atoms with Crippen molar-refractivity contribution in [2.75, 3.05) is 18.6 Å². The molecule has 0 unspecified atom stereocenters. The van der Waals surface area contributed by atoms with Gasteiger partial charge < -0.3 is 15.0 Å². The van der Waals surface area contributed by atoms with Gasteiger partial charge in [0, 0.05) is 23.5 Å². The van der Waals surface area contributed by atoms with Crippen molar-refractivity contribution in [1.82, 2.24) is 10.2 Å². The standard InChI is InChI=1S/C30H33N3O4/c1-3-25(29(35)31-22-10-4-5-11-22)32(18-20-14-16-23(37-2)17-15-20)27(34)19-33-26-13-7-9-21-8-6-12-24(28(21)26)30(33)36/h6-9,12-17,22,25H,3-5,10-11,18-19H2,1-2H3,(H,31,35)/t25-/m0/s1. The molecule has 2 aliphatic rings. The van der Waals surface area contributed by atoms with Crippen LogP contribution in [0.3, 0.4) is 0 Å². The Morgan fingerprint density at radius 1 is 1.05 bits per heavy atom. The molecule has 1 aliphatic carbocycles. The van der Waals surface area contributed by atoms with Crippen molar-refractivity contribution in [2.45, 2.75) is 57.7 Å². The predicted molar refractivity (Wildman–Crippen MR) is 144 cm³/mol. The summed E-state index contributed by atoms with van der Waals surface area (Å²) in [6.45, 7) is 2.05. The maximum atomic E-state index is 13.9. The minimum atomic E-state index is -0.633. The zero-order chi connectivity index (χ0) is 25.9. The molecule has 192 valence electrons. The van der Waals surface area contributed by atoms with Crippen LogP contribution in [-0.2, 0) is 16.1 Å². The molecule has 0 aromatic heterocycles. The molecule has 1 aliphatic heterocycles. The first-order valence-corrected chi connectivity index (χ1v) is 13.1. The summed E-state index contributed by atoms with van der Waals surface area (Å²) in [4.78, 5) is 43.8. The van der Waals surface area contributed by atoms with Crippen LogP contribution >= 0.6 is 0 Å². The Bertz CT molecular complexity index is 1310. The Labute approximate surface area is 217 Å². The highest BCUT2D eigenvalue weighted by Gasteiger charge is 2.35. The van der Waals surface area contributed by atoms with Gasteiger partial charge in [0.15, 0.2) is 0 Å². The van der Waals surface area contributed by atoms with Crippen LogP contribution in [0.25, 0.3) is 10.8 Å². The van der Waals surface area contributed by atoms with E-state index in [1.807, 2.05) is 61.5 Å². The number of anilines is 1. The Hall–Kier alpha value is -3.87. The highest BCUT2D eigenvalue weighted by Crippen LogP contribution is 2.37. The van der Waals surface area contributed by atoms with Crippen molar-refractivity contribution >= 4 is 34.2 Å². The molecule has 1 N–H and O–H groups in total. The fourth-order valence-corrected chi connectivity index (χ4v) is 5.58. The molecule has 1 heterocycles. The van der Waals surface area contributed by atoms with Gasteiger partial charge in [0.25, 0.3) is 5.91 Å². The van der Waals surface area contributed by atoms with Crippen molar-refractivity contribution in [3.63, 3.8) is 0 Å². The summed E-state index contributed by atoms with van der Waals surface area (Å²) < 4.78 is 5.27. The van der Waals surface area contributed by atoms with Gasteiger partial charge in [-0.2, -0.15) is 0 Å². The van der Waals surface area contributed by atoms with E-state index in [-0.39, 0.29) is 36.9 Å². The summed E-state index contributed by atoms with van der Waals surface area (Å²) in [6.07, 6.45) is 4.64. The first-order chi connectivity index (χ1) is 18.0. The molecular weight excluding hydrogens is 466 g/mol. The van der Waals surface area contributed by atoms with Gasteiger partial charge in [-0.3, -0.25) is 19.3 Å². The largest absolute Gasteiger partial charge is 0.497 e. The summed E-state index contributed by atoms with van der Waals surface area (Å²) in [6, 6.07) is 18.4. The monoisotopic (exact) mass is 499 g/mol. The van der Waals surface area contributed by atoms with E-state index in [4.69, 9.17) is 4.74 Å². The molecule has 0 spiro atoms. The molecule has 0 saturated heterocycles. The molecule has 1 atom stereocenters. The van der Waals surface area contributed by atoms with E-state index in [0.717, 1.165) is 53.5 Å². The number of hydrogen-bond acceptors (Lipinski definition) is 4. The number of rotatable bonds is 9. The topological polar surface area (TPSA) is 79.0 Å². The molecule has 1 saturated carbocycles. The van der Waals surface area contributed by atoms with Crippen LogP contribution in [0.4, 0.5) is 5.69 Å². The molecule has 37 heavy (non-hydrogen) atoms. The molecule has 3 amide bonds. The van der Waals surface area contributed by atoms with Crippen LogP contribution in [0.15, 0.2) is 60.7 Å². The van der Waals surface area contributed by atoms with Gasteiger partial charge in [-0.05, 0) is 54.5 Å². The first-order valence-electron chi connectivity index (χ1n) is 13.1. The van der Waals surface area contributed by atoms with E-state index in [1.165, 1.54) is 0 Å². The minimum absolute atomic E-state index is 0.129. The van der Waals surface area contributed by atoms with Crippen LogP contribution in [0, 0.1) is 0 Å². The van der Waals surface area contributed by atoms with E-state index >= 15 is 0 Å². The predicted octanol–water partition coefficient (Wildman–Crippen LogP) is 4.67. The van der Waals surface area contributed by atoms with Gasteiger partial charge in [-0.25, -0.2) is 0 Å². The molecule has 5 rings (SSSR count). The Balaban J connectivity index is 1.42. The molecule has 3 aromatic rings. The summed E-state index contributed by atoms with van der Waals surface area (Å²) in [5.41, 5.74) is 2.23. The van der Waals surface area contributed by atoms with Gasteiger partial charge in [-0.15, -0.1) is 0 Å². The molecule has 1 fully saturated rings. The SMILES string of the molecule is CC[C@@H](C(=O)NC1CCCC1)N(Cc1ccc(OC)cc1)C(=O)CN1C(=O)c2cccc3cccc1c23. The van der Waals surface area contributed by atoms with E-state index in [0.29, 0.717) is 12.0 Å². The second kappa shape index (κ2) is 10.6. The van der Waals surface area contributed by atoms with Crippen molar-refractivity contribution in [2.24, 2.45) is 0 Å². The lowest BCUT2D eigenvalue weighted by Gasteiger charge is -2.33. The third kappa shape index (κ3) is 4.90. The van der Waals surface area contributed by atoms with Crippen molar-refractivity contribution in [3.05, 3.63) is 71.8 Å².